The first-order valence-electron chi connectivity index (χ1n) is 5.72. The van der Waals surface area contributed by atoms with Gasteiger partial charge in [-0.3, -0.25) is 0 Å². The zero-order valence-corrected chi connectivity index (χ0v) is 12.9. The number of halogens is 3. The Bertz CT molecular complexity index is 758. The smallest absolute Gasteiger partial charge is 0.244 e. The molecule has 0 spiro atoms. The molecular formula is C13H10BrF2NO3S. The molecule has 21 heavy (non-hydrogen) atoms. The molecule has 0 heterocycles. The van der Waals surface area contributed by atoms with Crippen LogP contribution in [0.5, 0.6) is 5.75 Å². The molecule has 0 atom stereocenters. The van der Waals surface area contributed by atoms with E-state index in [4.69, 9.17) is 0 Å². The molecule has 0 aliphatic carbocycles. The fraction of sp³-hybridized carbons (Fsp3) is 0.0769. The lowest BCUT2D eigenvalue weighted by Crippen LogP contribution is -2.24. The van der Waals surface area contributed by atoms with Gasteiger partial charge in [-0.05, 0) is 28.1 Å². The Balaban J connectivity index is 2.30. The first-order valence-corrected chi connectivity index (χ1v) is 8.00. The molecule has 112 valence electrons. The fourth-order valence-corrected chi connectivity index (χ4v) is 3.86. The van der Waals surface area contributed by atoms with Crippen molar-refractivity contribution in [3.8, 4) is 5.75 Å². The van der Waals surface area contributed by atoms with Crippen LogP contribution in [-0.2, 0) is 16.6 Å². The van der Waals surface area contributed by atoms with Gasteiger partial charge in [0.1, 0.15) is 22.3 Å². The third-order valence-corrected chi connectivity index (χ3v) is 5.04. The van der Waals surface area contributed by atoms with Gasteiger partial charge in [0.15, 0.2) is 0 Å². The van der Waals surface area contributed by atoms with Crippen LogP contribution in [0.1, 0.15) is 5.56 Å². The van der Waals surface area contributed by atoms with Crippen molar-refractivity contribution in [3.05, 3.63) is 58.1 Å². The summed E-state index contributed by atoms with van der Waals surface area (Å²) >= 11 is 2.83. The summed E-state index contributed by atoms with van der Waals surface area (Å²) in [6.45, 7) is -0.224. The Morgan fingerprint density at radius 2 is 1.86 bits per heavy atom. The lowest BCUT2D eigenvalue weighted by atomic mass is 10.2. The van der Waals surface area contributed by atoms with Crippen LogP contribution >= 0.6 is 15.9 Å². The number of sulfonamides is 1. The number of hydrogen-bond donors (Lipinski definition) is 2. The van der Waals surface area contributed by atoms with Crippen LogP contribution in [0.4, 0.5) is 8.78 Å². The van der Waals surface area contributed by atoms with Crippen molar-refractivity contribution in [3.63, 3.8) is 0 Å². The second-order valence-corrected chi connectivity index (χ2v) is 6.71. The summed E-state index contributed by atoms with van der Waals surface area (Å²) in [5.74, 6) is -2.18. The maximum Gasteiger partial charge on any atom is 0.244 e. The summed E-state index contributed by atoms with van der Waals surface area (Å²) in [4.78, 5) is -0.681. The van der Waals surface area contributed by atoms with Gasteiger partial charge in [0.2, 0.25) is 10.0 Å². The minimum absolute atomic E-state index is 0.0844. The highest BCUT2D eigenvalue weighted by Crippen LogP contribution is 2.26. The van der Waals surface area contributed by atoms with Gasteiger partial charge in [0.25, 0.3) is 0 Å². The number of aromatic hydroxyl groups is 1. The molecule has 2 rings (SSSR count). The minimum Gasteiger partial charge on any atom is -0.508 e. The van der Waals surface area contributed by atoms with Crippen molar-refractivity contribution < 1.29 is 22.3 Å². The van der Waals surface area contributed by atoms with E-state index in [9.17, 15) is 22.3 Å². The molecule has 0 radical (unpaired) electrons. The molecule has 2 aromatic carbocycles. The van der Waals surface area contributed by atoms with E-state index in [0.717, 1.165) is 6.07 Å². The molecule has 0 bridgehead atoms. The number of para-hydroxylation sites is 1. The Labute approximate surface area is 128 Å². The van der Waals surface area contributed by atoms with Crippen LogP contribution in [0.25, 0.3) is 0 Å². The topological polar surface area (TPSA) is 66.4 Å². The standard InChI is InChI=1S/C13H10BrF2NO3S/c14-10-5-9(15)6-11(16)13(10)21(19,20)17-7-8-3-1-2-4-12(8)18/h1-6,17-18H,7H2. The van der Waals surface area contributed by atoms with Crippen molar-refractivity contribution in [1.82, 2.24) is 4.72 Å². The number of phenolic OH excluding ortho intramolecular Hbond substituents is 1. The predicted molar refractivity (Wildman–Crippen MR) is 76.2 cm³/mol. The zero-order valence-electron chi connectivity index (χ0n) is 10.5. The van der Waals surface area contributed by atoms with Crippen molar-refractivity contribution in [2.75, 3.05) is 0 Å². The zero-order chi connectivity index (χ0) is 15.6. The molecule has 0 amide bonds. The molecule has 4 nitrogen and oxygen atoms in total. The number of benzene rings is 2. The van der Waals surface area contributed by atoms with Crippen LogP contribution in [0, 0.1) is 11.6 Å². The van der Waals surface area contributed by atoms with Gasteiger partial charge in [0, 0.05) is 22.6 Å². The van der Waals surface area contributed by atoms with Crippen molar-refractivity contribution in [2.24, 2.45) is 0 Å². The Morgan fingerprint density at radius 1 is 1.19 bits per heavy atom. The van der Waals surface area contributed by atoms with E-state index in [1.165, 1.54) is 12.1 Å². The predicted octanol–water partition coefficient (Wildman–Crippen LogP) is 2.91. The lowest BCUT2D eigenvalue weighted by molar-refractivity contribution is 0.467. The van der Waals surface area contributed by atoms with Crippen LogP contribution in [0.3, 0.4) is 0 Å². The summed E-state index contributed by atoms with van der Waals surface area (Å²) in [5.41, 5.74) is 0.333. The van der Waals surface area contributed by atoms with E-state index >= 15 is 0 Å². The van der Waals surface area contributed by atoms with E-state index in [-0.39, 0.29) is 16.8 Å². The molecular weight excluding hydrogens is 368 g/mol. The SMILES string of the molecule is O=S(=O)(NCc1ccccc1O)c1c(F)cc(F)cc1Br. The molecule has 8 heteroatoms. The molecule has 0 aliphatic heterocycles. The molecule has 0 unspecified atom stereocenters. The van der Waals surface area contributed by atoms with E-state index in [1.807, 2.05) is 0 Å². The average Bonchev–Trinajstić information content (AvgIpc) is 2.36. The third kappa shape index (κ3) is 3.58. The van der Waals surface area contributed by atoms with Crippen LogP contribution in [0.15, 0.2) is 45.8 Å². The molecule has 2 N–H and O–H groups in total. The molecule has 0 aliphatic rings. The Kier molecular flexibility index (Phi) is 4.60. The van der Waals surface area contributed by atoms with E-state index in [0.29, 0.717) is 11.6 Å². The number of nitrogens with one attached hydrogen (secondary N) is 1. The number of hydrogen-bond acceptors (Lipinski definition) is 3. The van der Waals surface area contributed by atoms with Gasteiger partial charge in [-0.1, -0.05) is 18.2 Å². The van der Waals surface area contributed by atoms with Crippen LogP contribution in [-0.4, -0.2) is 13.5 Å². The van der Waals surface area contributed by atoms with E-state index < -0.39 is 26.6 Å². The van der Waals surface area contributed by atoms with Gasteiger partial charge >= 0.3 is 0 Å². The first-order chi connectivity index (χ1) is 9.81. The Hall–Kier alpha value is -1.51. The van der Waals surface area contributed by atoms with Gasteiger partial charge in [-0.15, -0.1) is 0 Å². The largest absolute Gasteiger partial charge is 0.508 e. The van der Waals surface area contributed by atoms with Gasteiger partial charge in [-0.25, -0.2) is 21.9 Å². The quantitative estimate of drug-likeness (QED) is 0.860. The lowest BCUT2D eigenvalue weighted by Gasteiger charge is -2.10. The highest BCUT2D eigenvalue weighted by atomic mass is 79.9. The molecule has 0 saturated carbocycles. The summed E-state index contributed by atoms with van der Waals surface area (Å²) in [6, 6.07) is 7.48. The normalized spacial score (nSPS) is 11.6. The van der Waals surface area contributed by atoms with Gasteiger partial charge < -0.3 is 5.11 Å². The third-order valence-electron chi connectivity index (χ3n) is 2.68. The second kappa shape index (κ2) is 6.08. The second-order valence-electron chi connectivity index (χ2n) is 4.15. The van der Waals surface area contributed by atoms with Crippen LogP contribution < -0.4 is 4.72 Å². The minimum atomic E-state index is -4.20. The monoisotopic (exact) mass is 377 g/mol. The summed E-state index contributed by atoms with van der Waals surface area (Å²) in [7, 11) is -4.20. The van der Waals surface area contributed by atoms with Crippen molar-refractivity contribution in [2.45, 2.75) is 11.4 Å². The summed E-state index contributed by atoms with van der Waals surface area (Å²) in [6.07, 6.45) is 0. The molecule has 0 fully saturated rings. The summed E-state index contributed by atoms with van der Waals surface area (Å²) < 4.78 is 52.8. The maximum atomic E-state index is 13.7. The molecule has 2 aromatic rings. The fourth-order valence-electron chi connectivity index (χ4n) is 1.69. The molecule has 0 saturated heterocycles. The maximum absolute atomic E-state index is 13.7. The number of rotatable bonds is 4. The van der Waals surface area contributed by atoms with Gasteiger partial charge in [-0.2, -0.15) is 0 Å². The van der Waals surface area contributed by atoms with E-state index in [2.05, 4.69) is 20.7 Å². The van der Waals surface area contributed by atoms with Crippen molar-refractivity contribution >= 4 is 26.0 Å². The first kappa shape index (κ1) is 15.9. The molecule has 0 aromatic heterocycles. The number of phenols is 1. The average molecular weight is 378 g/mol. The van der Waals surface area contributed by atoms with E-state index in [1.54, 1.807) is 12.1 Å². The summed E-state index contributed by atoms with van der Waals surface area (Å²) in [5, 5.41) is 9.56. The van der Waals surface area contributed by atoms with Gasteiger partial charge in [0.05, 0.1) is 0 Å². The van der Waals surface area contributed by atoms with Crippen LogP contribution in [0.2, 0.25) is 0 Å². The highest BCUT2D eigenvalue weighted by Gasteiger charge is 2.23. The van der Waals surface area contributed by atoms with Crippen molar-refractivity contribution in [1.29, 1.82) is 0 Å². The highest BCUT2D eigenvalue weighted by molar-refractivity contribution is 9.10. The Morgan fingerprint density at radius 3 is 2.48 bits per heavy atom.